The zero-order valence-corrected chi connectivity index (χ0v) is 14.8. The van der Waals surface area contributed by atoms with Gasteiger partial charge in [-0.25, -0.2) is 0 Å². The van der Waals surface area contributed by atoms with Crippen molar-refractivity contribution >= 4 is 22.2 Å². The average Bonchev–Trinajstić information content (AvgIpc) is 3.16. The summed E-state index contributed by atoms with van der Waals surface area (Å²) in [7, 11) is 1.59. The van der Waals surface area contributed by atoms with Gasteiger partial charge in [-0.1, -0.05) is 0 Å². The summed E-state index contributed by atoms with van der Waals surface area (Å²) in [6, 6.07) is 9.56. The van der Waals surface area contributed by atoms with Gasteiger partial charge in [0.2, 0.25) is 0 Å². The minimum absolute atomic E-state index is 0.0437. The summed E-state index contributed by atoms with van der Waals surface area (Å²) >= 11 is 1.74. The molecule has 0 N–H and O–H groups in total. The maximum absolute atomic E-state index is 12.7. The van der Waals surface area contributed by atoms with Crippen LogP contribution < -0.4 is 14.4 Å². The molecule has 0 radical (unpaired) electrons. The number of anilines is 1. The van der Waals surface area contributed by atoms with Gasteiger partial charge in [0.05, 0.1) is 18.7 Å². The number of ether oxygens (including phenoxy) is 2. The molecule has 1 aliphatic heterocycles. The first-order valence-electron chi connectivity index (χ1n) is 8.11. The zero-order valence-electron chi connectivity index (χ0n) is 14.0. The molecule has 3 rings (SSSR count). The first-order chi connectivity index (χ1) is 11.7. The van der Waals surface area contributed by atoms with Gasteiger partial charge < -0.3 is 19.3 Å². The van der Waals surface area contributed by atoms with Crippen LogP contribution in [-0.2, 0) is 0 Å². The smallest absolute Gasteiger partial charge is 0.254 e. The van der Waals surface area contributed by atoms with E-state index in [4.69, 9.17) is 9.47 Å². The fraction of sp³-hybridized carbons (Fsp3) is 0.389. The first-order valence-corrected chi connectivity index (χ1v) is 8.99. The molecule has 0 aliphatic carbocycles. The number of benzene rings is 1. The van der Waals surface area contributed by atoms with Crippen molar-refractivity contribution in [2.24, 2.45) is 0 Å². The van der Waals surface area contributed by atoms with Crippen molar-refractivity contribution in [3.05, 3.63) is 41.3 Å². The molecule has 5 nitrogen and oxygen atoms in total. The van der Waals surface area contributed by atoms with Crippen molar-refractivity contribution < 1.29 is 14.3 Å². The van der Waals surface area contributed by atoms with Crippen LogP contribution in [0.5, 0.6) is 11.5 Å². The Labute approximate surface area is 146 Å². The lowest BCUT2D eigenvalue weighted by atomic mass is 10.1. The number of hydrogen-bond donors (Lipinski definition) is 0. The molecule has 0 spiro atoms. The highest BCUT2D eigenvalue weighted by atomic mass is 32.1. The zero-order chi connectivity index (χ0) is 16.9. The predicted molar refractivity (Wildman–Crippen MR) is 96.6 cm³/mol. The van der Waals surface area contributed by atoms with Crippen LogP contribution >= 0.6 is 11.3 Å². The number of rotatable bonds is 5. The standard InChI is InChI=1S/C18H22N2O3S/c1-3-23-15-7-6-14(13-16(15)22-2)18(21)20-10-8-19(9-11-20)17-5-4-12-24-17/h4-7,12-13H,3,8-11H2,1-2H3. The van der Waals surface area contributed by atoms with Crippen molar-refractivity contribution in [2.45, 2.75) is 6.92 Å². The molecule has 0 saturated carbocycles. The summed E-state index contributed by atoms with van der Waals surface area (Å²) < 4.78 is 10.8. The lowest BCUT2D eigenvalue weighted by Crippen LogP contribution is -2.48. The monoisotopic (exact) mass is 346 g/mol. The average molecular weight is 346 g/mol. The van der Waals surface area contributed by atoms with Gasteiger partial charge in [-0.15, -0.1) is 11.3 Å². The van der Waals surface area contributed by atoms with Crippen LogP contribution in [0.25, 0.3) is 0 Å². The third-order valence-electron chi connectivity index (χ3n) is 4.10. The molecule has 0 bridgehead atoms. The highest BCUT2D eigenvalue weighted by molar-refractivity contribution is 7.14. The molecule has 1 saturated heterocycles. The molecule has 1 aliphatic rings. The lowest BCUT2D eigenvalue weighted by molar-refractivity contribution is 0.0746. The Morgan fingerprint density at radius 2 is 1.96 bits per heavy atom. The summed E-state index contributed by atoms with van der Waals surface area (Å²) in [4.78, 5) is 17.0. The van der Waals surface area contributed by atoms with Crippen LogP contribution in [-0.4, -0.2) is 50.7 Å². The summed E-state index contributed by atoms with van der Waals surface area (Å²) in [5, 5.41) is 3.35. The van der Waals surface area contributed by atoms with Gasteiger partial charge in [-0.05, 0) is 42.6 Å². The second-order valence-corrected chi connectivity index (χ2v) is 6.46. The fourth-order valence-corrected chi connectivity index (χ4v) is 3.62. The number of methoxy groups -OCH3 is 1. The maximum atomic E-state index is 12.7. The van der Waals surface area contributed by atoms with E-state index < -0.39 is 0 Å². The molecule has 128 valence electrons. The van der Waals surface area contributed by atoms with Crippen LogP contribution in [0.15, 0.2) is 35.7 Å². The Morgan fingerprint density at radius 1 is 1.17 bits per heavy atom. The van der Waals surface area contributed by atoms with Crippen LogP contribution in [0.4, 0.5) is 5.00 Å². The Morgan fingerprint density at radius 3 is 2.58 bits per heavy atom. The quantitative estimate of drug-likeness (QED) is 0.834. The molecule has 24 heavy (non-hydrogen) atoms. The molecule has 0 atom stereocenters. The Hall–Kier alpha value is -2.21. The van der Waals surface area contributed by atoms with Gasteiger partial charge in [0.25, 0.3) is 5.91 Å². The van der Waals surface area contributed by atoms with E-state index >= 15 is 0 Å². The van der Waals surface area contributed by atoms with Crippen molar-refractivity contribution in [3.63, 3.8) is 0 Å². The lowest BCUT2D eigenvalue weighted by Gasteiger charge is -2.35. The van der Waals surface area contributed by atoms with Gasteiger partial charge in [-0.3, -0.25) is 4.79 Å². The van der Waals surface area contributed by atoms with Crippen LogP contribution in [0.1, 0.15) is 17.3 Å². The summed E-state index contributed by atoms with van der Waals surface area (Å²) in [5.41, 5.74) is 0.639. The van der Waals surface area contributed by atoms with E-state index in [9.17, 15) is 4.79 Å². The Balaban J connectivity index is 1.67. The third-order valence-corrected chi connectivity index (χ3v) is 5.02. The van der Waals surface area contributed by atoms with E-state index in [0.29, 0.717) is 23.7 Å². The van der Waals surface area contributed by atoms with Gasteiger partial charge >= 0.3 is 0 Å². The van der Waals surface area contributed by atoms with E-state index in [0.717, 1.165) is 26.2 Å². The first kappa shape index (κ1) is 16.6. The summed E-state index contributed by atoms with van der Waals surface area (Å²) in [6.07, 6.45) is 0. The van der Waals surface area contributed by atoms with Crippen LogP contribution in [0, 0.1) is 0 Å². The highest BCUT2D eigenvalue weighted by Crippen LogP contribution is 2.29. The number of amides is 1. The van der Waals surface area contributed by atoms with Crippen molar-refractivity contribution in [1.29, 1.82) is 0 Å². The number of thiophene rings is 1. The second-order valence-electron chi connectivity index (χ2n) is 5.53. The van der Waals surface area contributed by atoms with Crippen molar-refractivity contribution in [2.75, 3.05) is 44.8 Å². The number of carbonyl (C=O) groups is 1. The van der Waals surface area contributed by atoms with Gasteiger partial charge in [-0.2, -0.15) is 0 Å². The largest absolute Gasteiger partial charge is 0.493 e. The Kier molecular flexibility index (Phi) is 5.25. The fourth-order valence-electron chi connectivity index (χ4n) is 2.84. The molecular weight excluding hydrogens is 324 g/mol. The van der Waals surface area contributed by atoms with Gasteiger partial charge in [0, 0.05) is 31.7 Å². The van der Waals surface area contributed by atoms with Gasteiger partial charge in [0.1, 0.15) is 0 Å². The maximum Gasteiger partial charge on any atom is 0.254 e. The minimum atomic E-state index is 0.0437. The Bertz CT molecular complexity index is 680. The van der Waals surface area contributed by atoms with E-state index in [-0.39, 0.29) is 5.91 Å². The number of piperazine rings is 1. The van der Waals surface area contributed by atoms with Gasteiger partial charge in [0.15, 0.2) is 11.5 Å². The second kappa shape index (κ2) is 7.57. The van der Waals surface area contributed by atoms with E-state index in [1.807, 2.05) is 17.9 Å². The molecule has 1 fully saturated rings. The molecule has 2 heterocycles. The summed E-state index contributed by atoms with van der Waals surface area (Å²) in [5.74, 6) is 1.31. The highest BCUT2D eigenvalue weighted by Gasteiger charge is 2.23. The topological polar surface area (TPSA) is 42.0 Å². The normalized spacial score (nSPS) is 14.6. The number of nitrogens with zero attached hydrogens (tertiary/aromatic N) is 2. The van der Waals surface area contributed by atoms with Crippen molar-refractivity contribution in [1.82, 2.24) is 4.90 Å². The van der Waals surface area contributed by atoms with Crippen LogP contribution in [0.2, 0.25) is 0 Å². The number of hydrogen-bond acceptors (Lipinski definition) is 5. The van der Waals surface area contributed by atoms with E-state index in [2.05, 4.69) is 22.4 Å². The molecule has 1 aromatic heterocycles. The van der Waals surface area contributed by atoms with Crippen LogP contribution in [0.3, 0.4) is 0 Å². The SMILES string of the molecule is CCOc1ccc(C(=O)N2CCN(c3cccs3)CC2)cc1OC. The molecular formula is C18H22N2O3S. The molecule has 1 amide bonds. The molecule has 0 unspecified atom stereocenters. The number of carbonyl (C=O) groups excluding carboxylic acids is 1. The summed E-state index contributed by atoms with van der Waals surface area (Å²) in [6.45, 7) is 5.67. The van der Waals surface area contributed by atoms with E-state index in [1.165, 1.54) is 5.00 Å². The molecule has 6 heteroatoms. The third kappa shape index (κ3) is 3.48. The van der Waals surface area contributed by atoms with Crippen molar-refractivity contribution in [3.8, 4) is 11.5 Å². The minimum Gasteiger partial charge on any atom is -0.493 e. The van der Waals surface area contributed by atoms with E-state index in [1.54, 1.807) is 30.6 Å². The molecule has 2 aromatic rings. The predicted octanol–water partition coefficient (Wildman–Crippen LogP) is 3.12. The molecule has 1 aromatic carbocycles.